The summed E-state index contributed by atoms with van der Waals surface area (Å²) in [4.78, 5) is 1.37. The second-order valence-electron chi connectivity index (χ2n) is 3.27. The summed E-state index contributed by atoms with van der Waals surface area (Å²) in [5.74, 6) is 0. The van der Waals surface area contributed by atoms with Gasteiger partial charge in [-0.3, -0.25) is 0 Å². The number of hydrogen-bond donors (Lipinski definition) is 0. The SMILES string of the molecule is CCCCCCC=Cc1cccs1. The van der Waals surface area contributed by atoms with E-state index in [4.69, 9.17) is 0 Å². The molecule has 0 aliphatic carbocycles. The third-order valence-electron chi connectivity index (χ3n) is 2.05. The van der Waals surface area contributed by atoms with Crippen molar-refractivity contribution in [3.63, 3.8) is 0 Å². The summed E-state index contributed by atoms with van der Waals surface area (Å²) < 4.78 is 0. The van der Waals surface area contributed by atoms with Crippen molar-refractivity contribution in [2.75, 3.05) is 0 Å². The molecule has 0 aromatic carbocycles. The molecule has 0 fully saturated rings. The monoisotopic (exact) mass is 194 g/mol. The van der Waals surface area contributed by atoms with Crippen LogP contribution in [-0.4, -0.2) is 0 Å². The van der Waals surface area contributed by atoms with Gasteiger partial charge in [0, 0.05) is 4.88 Å². The molecule has 1 rings (SSSR count). The van der Waals surface area contributed by atoms with Crippen LogP contribution in [0.5, 0.6) is 0 Å². The Morgan fingerprint density at radius 1 is 1.31 bits per heavy atom. The lowest BCUT2D eigenvalue weighted by molar-refractivity contribution is 0.675. The van der Waals surface area contributed by atoms with Gasteiger partial charge in [0.05, 0.1) is 0 Å². The first-order valence-corrected chi connectivity index (χ1v) is 6.01. The van der Waals surface area contributed by atoms with Gasteiger partial charge in [-0.15, -0.1) is 11.3 Å². The summed E-state index contributed by atoms with van der Waals surface area (Å²) in [6.45, 7) is 2.25. The van der Waals surface area contributed by atoms with E-state index >= 15 is 0 Å². The van der Waals surface area contributed by atoms with E-state index in [0.29, 0.717) is 0 Å². The average Bonchev–Trinajstić information content (AvgIpc) is 2.63. The summed E-state index contributed by atoms with van der Waals surface area (Å²) in [5.41, 5.74) is 0. The molecular formula is C12H18S. The predicted octanol–water partition coefficient (Wildman–Crippen LogP) is 4.73. The van der Waals surface area contributed by atoms with E-state index in [-0.39, 0.29) is 0 Å². The molecule has 72 valence electrons. The minimum absolute atomic E-state index is 1.23. The van der Waals surface area contributed by atoms with Gasteiger partial charge in [-0.2, -0.15) is 0 Å². The number of thiophene rings is 1. The van der Waals surface area contributed by atoms with Gasteiger partial charge in [-0.25, -0.2) is 0 Å². The molecule has 0 saturated heterocycles. The van der Waals surface area contributed by atoms with Crippen LogP contribution in [0.25, 0.3) is 6.08 Å². The van der Waals surface area contributed by atoms with Crippen molar-refractivity contribution in [3.05, 3.63) is 28.5 Å². The van der Waals surface area contributed by atoms with Crippen molar-refractivity contribution in [2.45, 2.75) is 39.0 Å². The lowest BCUT2D eigenvalue weighted by Crippen LogP contribution is -1.73. The van der Waals surface area contributed by atoms with Crippen molar-refractivity contribution in [3.8, 4) is 0 Å². The van der Waals surface area contributed by atoms with E-state index < -0.39 is 0 Å². The molecule has 0 saturated carbocycles. The van der Waals surface area contributed by atoms with E-state index in [0.717, 1.165) is 0 Å². The second-order valence-corrected chi connectivity index (χ2v) is 4.25. The van der Waals surface area contributed by atoms with Crippen molar-refractivity contribution >= 4 is 17.4 Å². The van der Waals surface area contributed by atoms with Gasteiger partial charge >= 0.3 is 0 Å². The summed E-state index contributed by atoms with van der Waals surface area (Å²) >= 11 is 1.80. The van der Waals surface area contributed by atoms with Gasteiger partial charge in [-0.05, 0) is 30.4 Å². The summed E-state index contributed by atoms with van der Waals surface area (Å²) in [5, 5.41) is 2.12. The van der Waals surface area contributed by atoms with Crippen LogP contribution in [0.3, 0.4) is 0 Å². The highest BCUT2D eigenvalue weighted by Crippen LogP contribution is 2.11. The molecule has 13 heavy (non-hydrogen) atoms. The van der Waals surface area contributed by atoms with E-state index in [1.807, 2.05) is 0 Å². The molecule has 0 aliphatic rings. The first-order valence-electron chi connectivity index (χ1n) is 5.13. The Morgan fingerprint density at radius 2 is 2.23 bits per heavy atom. The molecule has 0 radical (unpaired) electrons. The molecule has 0 unspecified atom stereocenters. The Labute approximate surface area is 85.3 Å². The predicted molar refractivity (Wildman–Crippen MR) is 62.1 cm³/mol. The van der Waals surface area contributed by atoms with Gasteiger partial charge in [0.15, 0.2) is 0 Å². The van der Waals surface area contributed by atoms with Crippen molar-refractivity contribution in [1.82, 2.24) is 0 Å². The van der Waals surface area contributed by atoms with Crippen LogP contribution in [0.15, 0.2) is 23.6 Å². The van der Waals surface area contributed by atoms with Crippen LogP contribution < -0.4 is 0 Å². The Balaban J connectivity index is 2.05. The fourth-order valence-corrected chi connectivity index (χ4v) is 1.92. The minimum Gasteiger partial charge on any atom is -0.144 e. The molecule has 1 aromatic rings. The Bertz CT molecular complexity index is 221. The fraction of sp³-hybridized carbons (Fsp3) is 0.500. The molecule has 1 heteroatoms. The van der Waals surface area contributed by atoms with Crippen LogP contribution >= 0.6 is 11.3 Å². The van der Waals surface area contributed by atoms with Gasteiger partial charge in [0.2, 0.25) is 0 Å². The summed E-state index contributed by atoms with van der Waals surface area (Å²) in [6, 6.07) is 4.26. The first kappa shape index (κ1) is 10.5. The molecule has 0 bridgehead atoms. The van der Waals surface area contributed by atoms with E-state index in [2.05, 4.69) is 36.6 Å². The third kappa shape index (κ3) is 4.89. The molecule has 0 amide bonds. The zero-order valence-corrected chi connectivity index (χ0v) is 9.15. The van der Waals surface area contributed by atoms with Gasteiger partial charge in [0.1, 0.15) is 0 Å². The van der Waals surface area contributed by atoms with Crippen LogP contribution in [0.1, 0.15) is 43.9 Å². The van der Waals surface area contributed by atoms with Crippen molar-refractivity contribution < 1.29 is 0 Å². The van der Waals surface area contributed by atoms with Crippen LogP contribution in [0.2, 0.25) is 0 Å². The van der Waals surface area contributed by atoms with Crippen molar-refractivity contribution in [2.24, 2.45) is 0 Å². The Kier molecular flexibility index (Phi) is 5.59. The number of rotatable bonds is 6. The Hall–Kier alpha value is -0.560. The zero-order chi connectivity index (χ0) is 9.36. The second kappa shape index (κ2) is 6.90. The van der Waals surface area contributed by atoms with E-state index in [1.165, 1.54) is 37.0 Å². The van der Waals surface area contributed by atoms with Crippen LogP contribution in [0.4, 0.5) is 0 Å². The Morgan fingerprint density at radius 3 is 2.92 bits per heavy atom. The highest BCUT2D eigenvalue weighted by atomic mass is 32.1. The largest absolute Gasteiger partial charge is 0.144 e. The maximum atomic E-state index is 2.29. The van der Waals surface area contributed by atoms with E-state index in [9.17, 15) is 0 Å². The third-order valence-corrected chi connectivity index (χ3v) is 2.89. The molecule has 0 N–H and O–H groups in total. The van der Waals surface area contributed by atoms with Crippen molar-refractivity contribution in [1.29, 1.82) is 0 Å². The maximum Gasteiger partial charge on any atom is 0.0267 e. The maximum absolute atomic E-state index is 2.29. The average molecular weight is 194 g/mol. The van der Waals surface area contributed by atoms with Crippen LogP contribution in [-0.2, 0) is 0 Å². The van der Waals surface area contributed by atoms with E-state index in [1.54, 1.807) is 11.3 Å². The number of unbranched alkanes of at least 4 members (excludes halogenated alkanes) is 4. The topological polar surface area (TPSA) is 0 Å². The number of hydrogen-bond acceptors (Lipinski definition) is 1. The van der Waals surface area contributed by atoms with Gasteiger partial charge < -0.3 is 0 Å². The minimum atomic E-state index is 1.23. The van der Waals surface area contributed by atoms with Gasteiger partial charge in [0.25, 0.3) is 0 Å². The molecular weight excluding hydrogens is 176 g/mol. The number of allylic oxidation sites excluding steroid dienone is 1. The molecule has 0 spiro atoms. The quantitative estimate of drug-likeness (QED) is 0.574. The molecule has 0 nitrogen and oxygen atoms in total. The summed E-state index contributed by atoms with van der Waals surface area (Å²) in [6.07, 6.45) is 11.2. The standard InChI is InChI=1S/C12H18S/c1-2-3-4-5-6-7-9-12-10-8-11-13-12/h7-11H,2-6H2,1H3. The van der Waals surface area contributed by atoms with Gasteiger partial charge in [-0.1, -0.05) is 38.3 Å². The highest BCUT2D eigenvalue weighted by Gasteiger charge is 1.86. The fourth-order valence-electron chi connectivity index (χ4n) is 1.27. The zero-order valence-electron chi connectivity index (χ0n) is 8.33. The normalized spacial score (nSPS) is 11.2. The molecule has 0 atom stereocenters. The molecule has 1 aromatic heterocycles. The molecule has 0 aliphatic heterocycles. The smallest absolute Gasteiger partial charge is 0.0267 e. The van der Waals surface area contributed by atoms with Crippen LogP contribution in [0, 0.1) is 0 Å². The summed E-state index contributed by atoms with van der Waals surface area (Å²) in [7, 11) is 0. The highest BCUT2D eigenvalue weighted by molar-refractivity contribution is 7.10. The lowest BCUT2D eigenvalue weighted by Gasteiger charge is -1.93. The first-order chi connectivity index (χ1) is 6.43. The molecule has 1 heterocycles. The lowest BCUT2D eigenvalue weighted by atomic mass is 10.1.